The van der Waals surface area contributed by atoms with Gasteiger partial charge in [-0.1, -0.05) is 0 Å². The molecule has 3 N–H and O–H groups in total. The Balaban J connectivity index is 1.45. The van der Waals surface area contributed by atoms with Crippen LogP contribution in [0.25, 0.3) is 5.52 Å². The van der Waals surface area contributed by atoms with Crippen LogP contribution < -0.4 is 15.5 Å². The Kier molecular flexibility index (Phi) is 5.34. The first-order chi connectivity index (χ1) is 16.0. The molecule has 12 heteroatoms. The van der Waals surface area contributed by atoms with Gasteiger partial charge in [-0.3, -0.25) is 9.78 Å². The lowest BCUT2D eigenvalue weighted by molar-refractivity contribution is -0.117. The molecular weight excluding hydrogens is 424 g/mol. The van der Waals surface area contributed by atoms with Gasteiger partial charge in [0.05, 0.1) is 18.6 Å². The van der Waals surface area contributed by atoms with Crippen molar-refractivity contribution < 1.29 is 9.90 Å². The molecule has 0 aliphatic carbocycles. The SMILES string of the molecule is CC(C)n1cnc(Nc2nc(N3C[C@@H](O)C[C@H]3C(=O)Nc3cnccn3)nn3cccc23)c1. The van der Waals surface area contributed by atoms with Crippen LogP contribution in [0.5, 0.6) is 0 Å². The van der Waals surface area contributed by atoms with E-state index >= 15 is 0 Å². The smallest absolute Gasteiger partial charge is 0.248 e. The second-order valence-electron chi connectivity index (χ2n) is 8.16. The number of aromatic nitrogens is 7. The van der Waals surface area contributed by atoms with Crippen LogP contribution in [0, 0.1) is 0 Å². The van der Waals surface area contributed by atoms with Crippen LogP contribution in [0.2, 0.25) is 0 Å². The lowest BCUT2D eigenvalue weighted by atomic mass is 10.2. The van der Waals surface area contributed by atoms with Crippen LogP contribution in [0.1, 0.15) is 26.3 Å². The highest BCUT2D eigenvalue weighted by atomic mass is 16.3. The zero-order valence-corrected chi connectivity index (χ0v) is 18.2. The number of aliphatic hydroxyl groups is 1. The van der Waals surface area contributed by atoms with E-state index in [4.69, 9.17) is 4.98 Å². The molecule has 1 saturated heterocycles. The Bertz CT molecular complexity index is 1270. The molecular formula is C21H24N10O2. The van der Waals surface area contributed by atoms with Crippen molar-refractivity contribution in [2.24, 2.45) is 0 Å². The number of hydrogen-bond donors (Lipinski definition) is 3. The fourth-order valence-corrected chi connectivity index (χ4v) is 3.80. The maximum absolute atomic E-state index is 13.0. The van der Waals surface area contributed by atoms with E-state index in [0.717, 1.165) is 5.52 Å². The summed E-state index contributed by atoms with van der Waals surface area (Å²) in [5.74, 6) is 1.55. The molecule has 12 nitrogen and oxygen atoms in total. The zero-order chi connectivity index (χ0) is 22.9. The fraction of sp³-hybridized carbons (Fsp3) is 0.333. The summed E-state index contributed by atoms with van der Waals surface area (Å²) in [7, 11) is 0. The third-order valence-electron chi connectivity index (χ3n) is 5.48. The van der Waals surface area contributed by atoms with E-state index in [1.54, 1.807) is 21.9 Å². The number of amides is 1. The highest BCUT2D eigenvalue weighted by molar-refractivity contribution is 5.96. The number of hydrogen-bond acceptors (Lipinski definition) is 9. The van der Waals surface area contributed by atoms with Crippen molar-refractivity contribution in [2.45, 2.75) is 38.5 Å². The number of fused-ring (bicyclic) bond motifs is 1. The van der Waals surface area contributed by atoms with E-state index in [2.05, 4.69) is 44.5 Å². The Morgan fingerprint density at radius 1 is 1.24 bits per heavy atom. The van der Waals surface area contributed by atoms with Crippen molar-refractivity contribution in [2.75, 3.05) is 22.1 Å². The van der Waals surface area contributed by atoms with Crippen LogP contribution in [-0.4, -0.2) is 63.8 Å². The number of rotatable bonds is 6. The normalized spacial score (nSPS) is 18.2. The minimum Gasteiger partial charge on any atom is -0.391 e. The van der Waals surface area contributed by atoms with Crippen LogP contribution in [0.4, 0.5) is 23.4 Å². The maximum atomic E-state index is 13.0. The molecule has 4 aromatic rings. The molecule has 4 aromatic heterocycles. The highest BCUT2D eigenvalue weighted by Gasteiger charge is 2.38. The summed E-state index contributed by atoms with van der Waals surface area (Å²) in [5, 5.41) is 20.9. The van der Waals surface area contributed by atoms with Gasteiger partial charge in [-0.25, -0.2) is 14.5 Å². The van der Waals surface area contributed by atoms with Gasteiger partial charge in [0.15, 0.2) is 11.6 Å². The van der Waals surface area contributed by atoms with Gasteiger partial charge < -0.3 is 25.2 Å². The van der Waals surface area contributed by atoms with Crippen molar-refractivity contribution >= 4 is 34.8 Å². The lowest BCUT2D eigenvalue weighted by Crippen LogP contribution is -2.41. The Morgan fingerprint density at radius 2 is 2.12 bits per heavy atom. The number of β-amino-alcohol motifs (C(OH)–C–C–N with tert-alkyl or cyclic N) is 1. The van der Waals surface area contributed by atoms with Gasteiger partial charge in [0.2, 0.25) is 11.9 Å². The number of carbonyl (C=O) groups excluding carboxylic acids is 1. The third kappa shape index (κ3) is 4.20. The van der Waals surface area contributed by atoms with Gasteiger partial charge in [0.25, 0.3) is 0 Å². The van der Waals surface area contributed by atoms with Crippen LogP contribution in [0.15, 0.2) is 49.4 Å². The number of aliphatic hydroxyl groups excluding tert-OH is 1. The summed E-state index contributed by atoms with van der Waals surface area (Å²) < 4.78 is 3.68. The predicted octanol–water partition coefficient (Wildman–Crippen LogP) is 1.62. The van der Waals surface area contributed by atoms with Gasteiger partial charge in [-0.15, -0.1) is 5.10 Å². The minimum absolute atomic E-state index is 0.229. The predicted molar refractivity (Wildman–Crippen MR) is 121 cm³/mol. The first-order valence-electron chi connectivity index (χ1n) is 10.7. The fourth-order valence-electron chi connectivity index (χ4n) is 3.80. The molecule has 0 saturated carbocycles. The quantitative estimate of drug-likeness (QED) is 0.401. The second kappa shape index (κ2) is 8.47. The Morgan fingerprint density at radius 3 is 2.88 bits per heavy atom. The van der Waals surface area contributed by atoms with Gasteiger partial charge in [-0.2, -0.15) is 4.98 Å². The molecule has 1 amide bonds. The molecule has 0 spiro atoms. The molecule has 1 aliphatic heterocycles. The van der Waals surface area contributed by atoms with Crippen LogP contribution in [-0.2, 0) is 4.79 Å². The largest absolute Gasteiger partial charge is 0.391 e. The van der Waals surface area contributed by atoms with Crippen molar-refractivity contribution in [1.29, 1.82) is 0 Å². The van der Waals surface area contributed by atoms with E-state index in [1.165, 1.54) is 18.6 Å². The van der Waals surface area contributed by atoms with Gasteiger partial charge in [0, 0.05) is 43.8 Å². The molecule has 1 fully saturated rings. The lowest BCUT2D eigenvalue weighted by Gasteiger charge is -2.24. The van der Waals surface area contributed by atoms with Crippen LogP contribution >= 0.6 is 0 Å². The number of imidazole rings is 1. The first kappa shape index (κ1) is 20.8. The molecule has 2 atom stereocenters. The third-order valence-corrected chi connectivity index (χ3v) is 5.48. The number of nitrogens with zero attached hydrogens (tertiary/aromatic N) is 8. The average molecular weight is 448 g/mol. The monoisotopic (exact) mass is 448 g/mol. The van der Waals surface area contributed by atoms with E-state index in [-0.39, 0.29) is 24.9 Å². The molecule has 33 heavy (non-hydrogen) atoms. The first-order valence-corrected chi connectivity index (χ1v) is 10.7. The molecule has 1 aliphatic rings. The summed E-state index contributed by atoms with van der Waals surface area (Å²) >= 11 is 0. The van der Waals surface area contributed by atoms with Crippen molar-refractivity contribution in [1.82, 2.24) is 34.1 Å². The number of anilines is 4. The van der Waals surface area contributed by atoms with E-state index < -0.39 is 12.1 Å². The van der Waals surface area contributed by atoms with Crippen molar-refractivity contribution in [3.8, 4) is 0 Å². The molecule has 0 unspecified atom stereocenters. The van der Waals surface area contributed by atoms with E-state index in [1.807, 2.05) is 22.9 Å². The summed E-state index contributed by atoms with van der Waals surface area (Å²) in [6.07, 6.45) is 9.52. The second-order valence-corrected chi connectivity index (χ2v) is 8.16. The minimum atomic E-state index is -0.690. The summed E-state index contributed by atoms with van der Waals surface area (Å²) in [6, 6.07) is 3.37. The zero-order valence-electron chi connectivity index (χ0n) is 18.2. The maximum Gasteiger partial charge on any atom is 0.248 e. The summed E-state index contributed by atoms with van der Waals surface area (Å²) in [5.41, 5.74) is 0.762. The molecule has 0 bridgehead atoms. The molecule has 5 heterocycles. The molecule has 0 radical (unpaired) electrons. The Labute approximate surface area is 189 Å². The molecule has 170 valence electrons. The van der Waals surface area contributed by atoms with Crippen molar-refractivity contribution in [3.63, 3.8) is 0 Å². The standard InChI is InChI=1S/C21H24N10O2/c1-13(2)29-11-18(24-12-29)25-19-15-4-3-7-31(15)28-21(27-19)30-10-14(32)8-16(30)20(33)26-17-9-22-5-6-23-17/h3-7,9,11-14,16,32H,8,10H2,1-2H3,(H,23,26,33)(H,25,27,28)/t14-,16-/m0/s1. The van der Waals surface area contributed by atoms with Gasteiger partial charge >= 0.3 is 0 Å². The van der Waals surface area contributed by atoms with E-state index in [0.29, 0.717) is 23.4 Å². The van der Waals surface area contributed by atoms with Crippen LogP contribution in [0.3, 0.4) is 0 Å². The molecule has 0 aromatic carbocycles. The topological polar surface area (TPSA) is 138 Å². The van der Waals surface area contributed by atoms with Crippen molar-refractivity contribution in [3.05, 3.63) is 49.4 Å². The number of carbonyl (C=O) groups is 1. The average Bonchev–Trinajstić information content (AvgIpc) is 3.53. The van der Waals surface area contributed by atoms with E-state index in [9.17, 15) is 9.90 Å². The van der Waals surface area contributed by atoms with Gasteiger partial charge in [0.1, 0.15) is 17.4 Å². The summed E-state index contributed by atoms with van der Waals surface area (Å²) in [6.45, 7) is 4.38. The number of nitrogens with one attached hydrogen (secondary N) is 2. The van der Waals surface area contributed by atoms with Gasteiger partial charge in [-0.05, 0) is 26.0 Å². The highest BCUT2D eigenvalue weighted by Crippen LogP contribution is 2.27. The molecule has 5 rings (SSSR count). The Hall–Kier alpha value is -4.06. The summed E-state index contributed by atoms with van der Waals surface area (Å²) in [4.78, 5) is 31.8.